The molecule has 27 heavy (non-hydrogen) atoms. The Morgan fingerprint density at radius 3 is 2.56 bits per heavy atom. The monoisotopic (exact) mass is 357 g/mol. The molecular weight excluding hydrogens is 338 g/mol. The van der Waals surface area contributed by atoms with Crippen LogP contribution in [0.3, 0.4) is 0 Å². The van der Waals surface area contributed by atoms with Crippen LogP contribution >= 0.6 is 0 Å². The molecule has 2 aromatic carbocycles. The molecule has 0 saturated carbocycles. The molecule has 0 aliphatic carbocycles. The maximum absolute atomic E-state index is 12.8. The highest BCUT2D eigenvalue weighted by Gasteiger charge is 2.17. The minimum Gasteiger partial charge on any atom is -0.497 e. The molecule has 0 unspecified atom stereocenters. The summed E-state index contributed by atoms with van der Waals surface area (Å²) in [6.07, 6.45) is 1.61. The number of nitriles is 1. The van der Waals surface area contributed by atoms with E-state index in [9.17, 15) is 10.1 Å². The maximum atomic E-state index is 12.8. The van der Waals surface area contributed by atoms with Crippen LogP contribution in [0.1, 0.15) is 27.3 Å². The van der Waals surface area contributed by atoms with Crippen LogP contribution in [0.4, 0.5) is 0 Å². The van der Waals surface area contributed by atoms with Gasteiger partial charge in [0.2, 0.25) is 5.78 Å². The zero-order chi connectivity index (χ0) is 19.4. The smallest absolute Gasteiger partial charge is 0.203 e. The van der Waals surface area contributed by atoms with Gasteiger partial charge in [-0.05, 0) is 44.2 Å². The second-order valence-electron chi connectivity index (χ2n) is 6.06. The van der Waals surface area contributed by atoms with Gasteiger partial charge in [0.1, 0.15) is 17.4 Å². The van der Waals surface area contributed by atoms with Crippen LogP contribution in [0.5, 0.6) is 5.75 Å². The Morgan fingerprint density at radius 1 is 1.15 bits per heavy atom. The molecule has 5 heteroatoms. The third-order valence-corrected chi connectivity index (χ3v) is 4.33. The van der Waals surface area contributed by atoms with Crippen LogP contribution in [-0.2, 0) is 0 Å². The van der Waals surface area contributed by atoms with Gasteiger partial charge in [-0.1, -0.05) is 30.3 Å². The number of ketones is 1. The van der Waals surface area contributed by atoms with E-state index in [-0.39, 0.29) is 11.4 Å². The Balaban J connectivity index is 2.03. The van der Waals surface area contributed by atoms with E-state index in [2.05, 4.69) is 5.10 Å². The molecule has 134 valence electrons. The van der Waals surface area contributed by atoms with Crippen LogP contribution < -0.4 is 4.74 Å². The number of carbonyl (C=O) groups is 1. The molecular formula is C22H19N3O2. The van der Waals surface area contributed by atoms with Gasteiger partial charge in [-0.3, -0.25) is 4.79 Å². The number of carbonyl (C=O) groups excluding carboxylic acids is 1. The summed E-state index contributed by atoms with van der Waals surface area (Å²) in [4.78, 5) is 12.8. The van der Waals surface area contributed by atoms with E-state index in [4.69, 9.17) is 4.74 Å². The lowest BCUT2D eigenvalue weighted by atomic mass is 10.0. The van der Waals surface area contributed by atoms with Crippen molar-refractivity contribution in [3.05, 3.63) is 82.7 Å². The largest absolute Gasteiger partial charge is 0.497 e. The number of Topliss-reactive ketones (excluding diaryl/α,β-unsaturated/α-hetero) is 1. The van der Waals surface area contributed by atoms with Gasteiger partial charge in [-0.25, -0.2) is 4.68 Å². The van der Waals surface area contributed by atoms with Crippen molar-refractivity contribution in [2.45, 2.75) is 13.8 Å². The fraction of sp³-hybridized carbons (Fsp3) is 0.136. The van der Waals surface area contributed by atoms with Crippen molar-refractivity contribution >= 4 is 11.9 Å². The number of aryl methyl sites for hydroxylation is 1. The molecule has 0 radical (unpaired) electrons. The van der Waals surface area contributed by atoms with Gasteiger partial charge < -0.3 is 4.74 Å². The quantitative estimate of drug-likeness (QED) is 0.388. The highest BCUT2D eigenvalue weighted by atomic mass is 16.5. The molecule has 3 aromatic rings. The zero-order valence-corrected chi connectivity index (χ0v) is 15.4. The predicted molar refractivity (Wildman–Crippen MR) is 104 cm³/mol. The van der Waals surface area contributed by atoms with Gasteiger partial charge in [-0.15, -0.1) is 0 Å². The Morgan fingerprint density at radius 2 is 1.89 bits per heavy atom. The summed E-state index contributed by atoms with van der Waals surface area (Å²) in [5.74, 6) is 0.227. The van der Waals surface area contributed by atoms with Gasteiger partial charge in [0.15, 0.2) is 0 Å². The number of aromatic nitrogens is 2. The number of benzene rings is 2. The number of hydrogen-bond acceptors (Lipinski definition) is 4. The van der Waals surface area contributed by atoms with Crippen LogP contribution in [-0.4, -0.2) is 22.7 Å². The molecule has 0 N–H and O–H groups in total. The molecule has 0 aliphatic rings. The molecule has 0 spiro atoms. The number of nitrogens with zero attached hydrogens (tertiary/aromatic N) is 3. The fourth-order valence-corrected chi connectivity index (χ4v) is 2.90. The second kappa shape index (κ2) is 7.71. The number of allylic oxidation sites excluding steroid dienone is 1. The molecule has 0 saturated heterocycles. The summed E-state index contributed by atoms with van der Waals surface area (Å²) in [5, 5.41) is 14.1. The summed E-state index contributed by atoms with van der Waals surface area (Å²) in [6, 6.07) is 18.5. The SMILES string of the molecule is COc1cccc(C(=O)/C(C#N)=C/c2c(C)nn(-c3ccccc3)c2C)c1. The van der Waals surface area contributed by atoms with E-state index in [0.717, 1.165) is 22.6 Å². The van der Waals surface area contributed by atoms with Gasteiger partial charge in [0.25, 0.3) is 0 Å². The molecule has 0 atom stereocenters. The first-order valence-electron chi connectivity index (χ1n) is 8.47. The molecule has 1 heterocycles. The summed E-state index contributed by atoms with van der Waals surface area (Å²) < 4.78 is 6.97. The van der Waals surface area contributed by atoms with E-state index in [1.807, 2.05) is 54.9 Å². The Bertz CT molecular complexity index is 1060. The van der Waals surface area contributed by atoms with E-state index in [1.54, 1.807) is 30.3 Å². The van der Waals surface area contributed by atoms with Crippen molar-refractivity contribution < 1.29 is 9.53 Å². The lowest BCUT2D eigenvalue weighted by molar-refractivity contribution is 0.103. The lowest BCUT2D eigenvalue weighted by Crippen LogP contribution is -2.03. The minimum atomic E-state index is -0.345. The van der Waals surface area contributed by atoms with Crippen molar-refractivity contribution in [1.82, 2.24) is 9.78 Å². The van der Waals surface area contributed by atoms with Crippen molar-refractivity contribution in [2.24, 2.45) is 0 Å². The topological polar surface area (TPSA) is 67.9 Å². The summed E-state index contributed by atoms with van der Waals surface area (Å²) in [7, 11) is 1.54. The van der Waals surface area contributed by atoms with Crippen LogP contribution in [0.2, 0.25) is 0 Å². The van der Waals surface area contributed by atoms with Crippen molar-refractivity contribution in [2.75, 3.05) is 7.11 Å². The molecule has 0 bridgehead atoms. The number of methoxy groups -OCH3 is 1. The van der Waals surface area contributed by atoms with E-state index < -0.39 is 0 Å². The molecule has 0 aliphatic heterocycles. The molecule has 3 rings (SSSR count). The Hall–Kier alpha value is -3.65. The zero-order valence-electron chi connectivity index (χ0n) is 15.4. The van der Waals surface area contributed by atoms with Gasteiger partial charge in [-0.2, -0.15) is 10.4 Å². The van der Waals surface area contributed by atoms with Crippen molar-refractivity contribution in [3.8, 4) is 17.5 Å². The van der Waals surface area contributed by atoms with Gasteiger partial charge in [0.05, 0.1) is 18.5 Å². The summed E-state index contributed by atoms with van der Waals surface area (Å²) in [6.45, 7) is 3.78. The first-order chi connectivity index (χ1) is 13.0. The third kappa shape index (κ3) is 3.65. The minimum absolute atomic E-state index is 0.0575. The second-order valence-corrected chi connectivity index (χ2v) is 6.06. The number of ether oxygens (including phenoxy) is 1. The Labute approximate surface area is 158 Å². The first-order valence-corrected chi connectivity index (χ1v) is 8.47. The Kier molecular flexibility index (Phi) is 5.18. The molecule has 0 fully saturated rings. The standard InChI is InChI=1S/C22H19N3O2/c1-15-21(16(2)25(24-15)19-9-5-4-6-10-19)13-18(14-23)22(26)17-8-7-11-20(12-17)27-3/h4-13H,1-3H3/b18-13+. The van der Waals surface area contributed by atoms with Gasteiger partial charge in [0, 0.05) is 16.8 Å². The fourth-order valence-electron chi connectivity index (χ4n) is 2.90. The third-order valence-electron chi connectivity index (χ3n) is 4.33. The van der Waals surface area contributed by atoms with E-state index >= 15 is 0 Å². The number of hydrogen-bond donors (Lipinski definition) is 0. The predicted octanol–water partition coefficient (Wildman–Crippen LogP) is 4.29. The highest BCUT2D eigenvalue weighted by Crippen LogP contribution is 2.22. The maximum Gasteiger partial charge on any atom is 0.203 e. The lowest BCUT2D eigenvalue weighted by Gasteiger charge is -2.05. The number of para-hydroxylation sites is 1. The normalized spacial score (nSPS) is 11.1. The molecule has 0 amide bonds. The van der Waals surface area contributed by atoms with Crippen molar-refractivity contribution in [1.29, 1.82) is 5.26 Å². The summed E-state index contributed by atoms with van der Waals surface area (Å²) in [5.41, 5.74) is 3.78. The first kappa shape index (κ1) is 18.2. The number of rotatable bonds is 5. The van der Waals surface area contributed by atoms with Crippen LogP contribution in [0.15, 0.2) is 60.2 Å². The van der Waals surface area contributed by atoms with Crippen LogP contribution in [0, 0.1) is 25.2 Å². The molecule has 1 aromatic heterocycles. The van der Waals surface area contributed by atoms with Gasteiger partial charge >= 0.3 is 0 Å². The molecule has 5 nitrogen and oxygen atoms in total. The highest BCUT2D eigenvalue weighted by molar-refractivity contribution is 6.14. The average molecular weight is 357 g/mol. The van der Waals surface area contributed by atoms with Crippen LogP contribution in [0.25, 0.3) is 11.8 Å². The van der Waals surface area contributed by atoms with Crippen molar-refractivity contribution in [3.63, 3.8) is 0 Å². The summed E-state index contributed by atoms with van der Waals surface area (Å²) >= 11 is 0. The van der Waals surface area contributed by atoms with E-state index in [0.29, 0.717) is 11.3 Å². The van der Waals surface area contributed by atoms with E-state index in [1.165, 1.54) is 7.11 Å². The average Bonchev–Trinajstić information content (AvgIpc) is 3.00.